The van der Waals surface area contributed by atoms with Crippen LogP contribution in [0.3, 0.4) is 0 Å². The van der Waals surface area contributed by atoms with E-state index in [4.69, 9.17) is 5.26 Å². The van der Waals surface area contributed by atoms with Gasteiger partial charge in [-0.05, 0) is 30.7 Å². The summed E-state index contributed by atoms with van der Waals surface area (Å²) in [6, 6.07) is 6.51. The molecule has 0 atom stereocenters. The fraction of sp³-hybridized carbons (Fsp3) is 0.500. The molecule has 0 amide bonds. The molecule has 2 nitrogen and oxygen atoms in total. The van der Waals surface area contributed by atoms with Gasteiger partial charge in [0.1, 0.15) is 5.82 Å². The number of nitrogens with zero attached hydrogens (tertiary/aromatic N) is 2. The van der Waals surface area contributed by atoms with Crippen LogP contribution in [0.4, 0.5) is 4.39 Å². The number of nitriles is 1. The van der Waals surface area contributed by atoms with Crippen molar-refractivity contribution in [2.45, 2.75) is 27.3 Å². The van der Waals surface area contributed by atoms with Gasteiger partial charge in [-0.1, -0.05) is 20.8 Å². The molecule has 0 radical (unpaired) electrons. The predicted octanol–water partition coefficient (Wildman–Crippen LogP) is 3.18. The van der Waals surface area contributed by atoms with Crippen LogP contribution in [0.15, 0.2) is 18.2 Å². The molecule has 0 spiro atoms. The van der Waals surface area contributed by atoms with Gasteiger partial charge in [-0.15, -0.1) is 0 Å². The third-order valence-electron chi connectivity index (χ3n) is 2.36. The Balaban J connectivity index is 2.78. The molecule has 0 bridgehead atoms. The molecule has 0 unspecified atom stereocenters. The van der Waals surface area contributed by atoms with Crippen LogP contribution in [0, 0.1) is 22.6 Å². The Morgan fingerprint density at radius 2 is 2.00 bits per heavy atom. The Bertz CT molecular complexity index is 427. The van der Waals surface area contributed by atoms with E-state index < -0.39 is 0 Å². The van der Waals surface area contributed by atoms with Crippen LogP contribution >= 0.6 is 0 Å². The monoisotopic (exact) mass is 234 g/mol. The van der Waals surface area contributed by atoms with Gasteiger partial charge in [-0.25, -0.2) is 4.39 Å². The molecule has 17 heavy (non-hydrogen) atoms. The second kappa shape index (κ2) is 5.29. The van der Waals surface area contributed by atoms with Gasteiger partial charge in [-0.2, -0.15) is 5.26 Å². The van der Waals surface area contributed by atoms with E-state index in [1.54, 1.807) is 6.07 Å². The number of hydrogen-bond donors (Lipinski definition) is 0. The minimum atomic E-state index is -0.246. The van der Waals surface area contributed by atoms with E-state index in [1.165, 1.54) is 12.1 Å². The van der Waals surface area contributed by atoms with Crippen LogP contribution in [0.5, 0.6) is 0 Å². The van der Waals surface area contributed by atoms with Crippen LogP contribution < -0.4 is 0 Å². The molecule has 92 valence electrons. The lowest BCUT2D eigenvalue weighted by Crippen LogP contribution is -2.29. The first-order valence-electron chi connectivity index (χ1n) is 5.69. The minimum Gasteiger partial charge on any atom is -0.301 e. The molecule has 1 aromatic carbocycles. The van der Waals surface area contributed by atoms with E-state index >= 15 is 0 Å². The number of benzene rings is 1. The van der Waals surface area contributed by atoms with E-state index in [2.05, 4.69) is 25.7 Å². The van der Waals surface area contributed by atoms with Crippen molar-refractivity contribution in [3.63, 3.8) is 0 Å². The number of halogens is 1. The maximum absolute atomic E-state index is 13.6. The summed E-state index contributed by atoms with van der Waals surface area (Å²) in [5, 5.41) is 8.79. The zero-order chi connectivity index (χ0) is 13.1. The summed E-state index contributed by atoms with van der Waals surface area (Å²) in [5.41, 5.74) is 1.26. The molecule has 0 saturated carbocycles. The van der Waals surface area contributed by atoms with Gasteiger partial charge in [-0.3, -0.25) is 0 Å². The van der Waals surface area contributed by atoms with Gasteiger partial charge in [0.15, 0.2) is 0 Å². The first-order chi connectivity index (χ1) is 7.81. The number of hydrogen-bond acceptors (Lipinski definition) is 2. The Labute approximate surface area is 103 Å². The van der Waals surface area contributed by atoms with Gasteiger partial charge < -0.3 is 4.90 Å². The standard InChI is InChI=1S/C14H19FN2/c1-14(2,3)10-17(4)9-12-7-11(8-16)5-6-13(12)15/h5-7H,9-10H2,1-4H3. The molecule has 3 heteroatoms. The first kappa shape index (κ1) is 13.7. The third kappa shape index (κ3) is 4.54. The smallest absolute Gasteiger partial charge is 0.127 e. The lowest BCUT2D eigenvalue weighted by molar-refractivity contribution is 0.218. The lowest BCUT2D eigenvalue weighted by atomic mass is 9.96. The molecule has 0 fully saturated rings. The molecule has 0 saturated heterocycles. The van der Waals surface area contributed by atoms with Crippen molar-refractivity contribution in [3.8, 4) is 6.07 Å². The average molecular weight is 234 g/mol. The van der Waals surface area contributed by atoms with Crippen molar-refractivity contribution in [1.82, 2.24) is 4.90 Å². The van der Waals surface area contributed by atoms with Crippen molar-refractivity contribution in [2.75, 3.05) is 13.6 Å². The maximum atomic E-state index is 13.6. The van der Waals surface area contributed by atoms with Crippen LogP contribution in [-0.2, 0) is 6.54 Å². The van der Waals surface area contributed by atoms with Gasteiger partial charge in [0, 0.05) is 18.7 Å². The van der Waals surface area contributed by atoms with Gasteiger partial charge in [0.25, 0.3) is 0 Å². The SMILES string of the molecule is CN(Cc1cc(C#N)ccc1F)CC(C)(C)C. The zero-order valence-corrected chi connectivity index (χ0v) is 10.9. The van der Waals surface area contributed by atoms with Crippen molar-refractivity contribution in [2.24, 2.45) is 5.41 Å². The second-order valence-corrected chi connectivity index (χ2v) is 5.65. The Morgan fingerprint density at radius 3 is 2.53 bits per heavy atom. The summed E-state index contributed by atoms with van der Waals surface area (Å²) >= 11 is 0. The predicted molar refractivity (Wildman–Crippen MR) is 66.9 cm³/mol. The van der Waals surface area contributed by atoms with Crippen LogP contribution in [0.25, 0.3) is 0 Å². The van der Waals surface area contributed by atoms with E-state index in [9.17, 15) is 4.39 Å². The zero-order valence-electron chi connectivity index (χ0n) is 10.9. The normalized spacial score (nSPS) is 11.6. The molecule has 0 aliphatic heterocycles. The lowest BCUT2D eigenvalue weighted by Gasteiger charge is -2.26. The van der Waals surface area contributed by atoms with E-state index in [1.807, 2.05) is 13.1 Å². The van der Waals surface area contributed by atoms with E-state index in [-0.39, 0.29) is 11.2 Å². The Hall–Kier alpha value is -1.40. The molecular weight excluding hydrogens is 215 g/mol. The molecule has 1 aromatic rings. The topological polar surface area (TPSA) is 27.0 Å². The van der Waals surface area contributed by atoms with Gasteiger partial charge in [0.05, 0.1) is 11.6 Å². The summed E-state index contributed by atoms with van der Waals surface area (Å²) in [7, 11) is 1.96. The molecule has 1 rings (SSSR count). The second-order valence-electron chi connectivity index (χ2n) is 5.65. The first-order valence-corrected chi connectivity index (χ1v) is 5.69. The quantitative estimate of drug-likeness (QED) is 0.803. The Kier molecular flexibility index (Phi) is 4.25. The fourth-order valence-corrected chi connectivity index (χ4v) is 1.92. The molecule has 0 aliphatic rings. The summed E-state index contributed by atoms with van der Waals surface area (Å²) in [5.74, 6) is -0.246. The summed E-state index contributed by atoms with van der Waals surface area (Å²) in [6.45, 7) is 7.84. The molecular formula is C14H19FN2. The van der Waals surface area contributed by atoms with E-state index in [0.717, 1.165) is 6.54 Å². The van der Waals surface area contributed by atoms with Gasteiger partial charge >= 0.3 is 0 Å². The maximum Gasteiger partial charge on any atom is 0.127 e. The van der Waals surface area contributed by atoms with Crippen molar-refractivity contribution < 1.29 is 4.39 Å². The van der Waals surface area contributed by atoms with Crippen molar-refractivity contribution >= 4 is 0 Å². The number of rotatable bonds is 3. The van der Waals surface area contributed by atoms with Crippen LogP contribution in [0.1, 0.15) is 31.9 Å². The highest BCUT2D eigenvalue weighted by Gasteiger charge is 2.15. The van der Waals surface area contributed by atoms with Crippen molar-refractivity contribution in [1.29, 1.82) is 5.26 Å². The molecule has 0 aliphatic carbocycles. The molecule has 0 heterocycles. The largest absolute Gasteiger partial charge is 0.301 e. The van der Waals surface area contributed by atoms with Crippen LogP contribution in [-0.4, -0.2) is 18.5 Å². The third-order valence-corrected chi connectivity index (χ3v) is 2.36. The Morgan fingerprint density at radius 1 is 1.35 bits per heavy atom. The van der Waals surface area contributed by atoms with Gasteiger partial charge in [0.2, 0.25) is 0 Å². The highest BCUT2D eigenvalue weighted by molar-refractivity contribution is 5.33. The van der Waals surface area contributed by atoms with Crippen molar-refractivity contribution in [3.05, 3.63) is 35.1 Å². The minimum absolute atomic E-state index is 0.179. The highest BCUT2D eigenvalue weighted by Crippen LogP contribution is 2.17. The summed E-state index contributed by atoms with van der Waals surface area (Å²) in [4.78, 5) is 2.07. The van der Waals surface area contributed by atoms with Crippen LogP contribution in [0.2, 0.25) is 0 Å². The summed E-state index contributed by atoms with van der Waals surface area (Å²) < 4.78 is 13.6. The molecule has 0 N–H and O–H groups in total. The summed E-state index contributed by atoms with van der Waals surface area (Å²) in [6.07, 6.45) is 0. The average Bonchev–Trinajstić information content (AvgIpc) is 2.18. The fourth-order valence-electron chi connectivity index (χ4n) is 1.92. The van der Waals surface area contributed by atoms with E-state index in [0.29, 0.717) is 17.7 Å². The highest BCUT2D eigenvalue weighted by atomic mass is 19.1. The molecule has 0 aromatic heterocycles.